The topological polar surface area (TPSA) is 17.8 Å². The molecule has 0 aliphatic heterocycles. The highest BCUT2D eigenvalue weighted by molar-refractivity contribution is 9.10. The third-order valence-corrected chi connectivity index (χ3v) is 3.81. The minimum atomic E-state index is 0.735. The van der Waals surface area contributed by atoms with Crippen LogP contribution in [-0.2, 0) is 6.54 Å². The molecule has 1 heterocycles. The van der Waals surface area contributed by atoms with Crippen molar-refractivity contribution >= 4 is 27.5 Å². The molecule has 0 radical (unpaired) electrons. The number of aromatic nitrogens is 2. The molecular weight excluding hydrogens is 336 g/mol. The molecule has 0 spiro atoms. The SMILES string of the molecule is Clc1ccc(-c2nccn2Cc2cccc(Br)c2)cc1. The molecule has 0 saturated carbocycles. The Morgan fingerprint density at radius 3 is 2.65 bits per heavy atom. The average Bonchev–Trinajstić information content (AvgIpc) is 2.88. The van der Waals surface area contributed by atoms with Gasteiger partial charge in [-0.25, -0.2) is 4.98 Å². The summed E-state index contributed by atoms with van der Waals surface area (Å²) in [5.74, 6) is 0.946. The first-order valence-electron chi connectivity index (χ1n) is 6.24. The lowest BCUT2D eigenvalue weighted by Gasteiger charge is -2.08. The second kappa shape index (κ2) is 5.81. The van der Waals surface area contributed by atoms with Crippen molar-refractivity contribution in [3.63, 3.8) is 0 Å². The van der Waals surface area contributed by atoms with Gasteiger partial charge in [0.2, 0.25) is 0 Å². The molecule has 0 atom stereocenters. The largest absolute Gasteiger partial charge is 0.327 e. The lowest BCUT2D eigenvalue weighted by atomic mass is 10.2. The zero-order chi connectivity index (χ0) is 13.9. The van der Waals surface area contributed by atoms with Crippen LogP contribution in [0.4, 0.5) is 0 Å². The number of benzene rings is 2. The summed E-state index contributed by atoms with van der Waals surface area (Å²) in [6.45, 7) is 0.789. The maximum atomic E-state index is 5.93. The molecular formula is C16H12BrClN2. The molecule has 0 fully saturated rings. The molecule has 0 saturated heterocycles. The van der Waals surface area contributed by atoms with Gasteiger partial charge in [-0.1, -0.05) is 39.7 Å². The Bertz CT molecular complexity index is 719. The molecule has 1 aromatic heterocycles. The van der Waals surface area contributed by atoms with E-state index in [1.54, 1.807) is 0 Å². The number of rotatable bonds is 3. The predicted octanol–water partition coefficient (Wildman–Crippen LogP) is 5.01. The maximum absolute atomic E-state index is 5.93. The summed E-state index contributed by atoms with van der Waals surface area (Å²) in [6.07, 6.45) is 3.81. The van der Waals surface area contributed by atoms with E-state index in [9.17, 15) is 0 Å². The molecule has 0 aliphatic rings. The first kappa shape index (κ1) is 13.4. The van der Waals surface area contributed by atoms with Crippen molar-refractivity contribution in [3.8, 4) is 11.4 Å². The molecule has 0 N–H and O–H groups in total. The van der Waals surface area contributed by atoms with Gasteiger partial charge in [0.1, 0.15) is 5.82 Å². The molecule has 0 aliphatic carbocycles. The van der Waals surface area contributed by atoms with Crippen LogP contribution >= 0.6 is 27.5 Å². The summed E-state index contributed by atoms with van der Waals surface area (Å²) in [5, 5.41) is 0.735. The van der Waals surface area contributed by atoms with Gasteiger partial charge in [-0.15, -0.1) is 0 Å². The molecule has 0 unspecified atom stereocenters. The number of halogens is 2. The minimum absolute atomic E-state index is 0.735. The smallest absolute Gasteiger partial charge is 0.140 e. The Morgan fingerprint density at radius 1 is 1.10 bits per heavy atom. The number of imidazole rings is 1. The van der Waals surface area contributed by atoms with Crippen LogP contribution < -0.4 is 0 Å². The third kappa shape index (κ3) is 2.94. The molecule has 2 nitrogen and oxygen atoms in total. The first-order chi connectivity index (χ1) is 9.72. The van der Waals surface area contributed by atoms with Crippen molar-refractivity contribution < 1.29 is 0 Å². The van der Waals surface area contributed by atoms with Crippen LogP contribution in [0, 0.1) is 0 Å². The Balaban J connectivity index is 1.92. The molecule has 3 rings (SSSR count). The van der Waals surface area contributed by atoms with E-state index in [0.29, 0.717) is 0 Å². The molecule has 20 heavy (non-hydrogen) atoms. The van der Waals surface area contributed by atoms with E-state index in [1.165, 1.54) is 5.56 Å². The highest BCUT2D eigenvalue weighted by Gasteiger charge is 2.06. The summed E-state index contributed by atoms with van der Waals surface area (Å²) in [7, 11) is 0. The lowest BCUT2D eigenvalue weighted by Crippen LogP contribution is -2.01. The third-order valence-electron chi connectivity index (χ3n) is 3.06. The molecule has 3 aromatic rings. The van der Waals surface area contributed by atoms with Crippen molar-refractivity contribution in [1.29, 1.82) is 0 Å². The van der Waals surface area contributed by atoms with Gasteiger partial charge in [0.25, 0.3) is 0 Å². The summed E-state index contributed by atoms with van der Waals surface area (Å²) in [6, 6.07) is 16.0. The van der Waals surface area contributed by atoms with Crippen LogP contribution in [0.5, 0.6) is 0 Å². The van der Waals surface area contributed by atoms with Crippen molar-refractivity contribution in [1.82, 2.24) is 9.55 Å². The van der Waals surface area contributed by atoms with E-state index in [2.05, 4.69) is 37.6 Å². The molecule has 0 amide bonds. The van der Waals surface area contributed by atoms with Crippen LogP contribution in [-0.4, -0.2) is 9.55 Å². The number of hydrogen-bond acceptors (Lipinski definition) is 1. The van der Waals surface area contributed by atoms with E-state index in [0.717, 1.165) is 27.4 Å². The summed E-state index contributed by atoms with van der Waals surface area (Å²) >= 11 is 9.43. The van der Waals surface area contributed by atoms with Crippen molar-refractivity contribution in [3.05, 3.63) is 76.0 Å². The van der Waals surface area contributed by atoms with E-state index in [4.69, 9.17) is 11.6 Å². The highest BCUT2D eigenvalue weighted by atomic mass is 79.9. The van der Waals surface area contributed by atoms with Gasteiger partial charge >= 0.3 is 0 Å². The summed E-state index contributed by atoms with van der Waals surface area (Å²) in [5.41, 5.74) is 2.29. The van der Waals surface area contributed by atoms with Crippen LogP contribution in [0.2, 0.25) is 5.02 Å². The van der Waals surface area contributed by atoms with E-state index in [-0.39, 0.29) is 0 Å². The van der Waals surface area contributed by atoms with Gasteiger partial charge in [-0.3, -0.25) is 0 Å². The van der Waals surface area contributed by atoms with Gasteiger partial charge in [0.05, 0.1) is 0 Å². The summed E-state index contributed by atoms with van der Waals surface area (Å²) < 4.78 is 3.22. The second-order valence-corrected chi connectivity index (χ2v) is 5.87. The minimum Gasteiger partial charge on any atom is -0.327 e. The Hall–Kier alpha value is -1.58. The zero-order valence-corrected chi connectivity index (χ0v) is 13.0. The van der Waals surface area contributed by atoms with Crippen LogP contribution in [0.3, 0.4) is 0 Å². The Morgan fingerprint density at radius 2 is 1.90 bits per heavy atom. The Kier molecular flexibility index (Phi) is 3.90. The maximum Gasteiger partial charge on any atom is 0.140 e. The molecule has 100 valence electrons. The van der Waals surface area contributed by atoms with Crippen molar-refractivity contribution in [2.24, 2.45) is 0 Å². The average molecular weight is 348 g/mol. The fourth-order valence-electron chi connectivity index (χ4n) is 2.13. The van der Waals surface area contributed by atoms with E-state index < -0.39 is 0 Å². The van der Waals surface area contributed by atoms with Gasteiger partial charge in [0, 0.05) is 34.0 Å². The van der Waals surface area contributed by atoms with Crippen molar-refractivity contribution in [2.45, 2.75) is 6.54 Å². The van der Waals surface area contributed by atoms with Crippen LogP contribution in [0.15, 0.2) is 65.4 Å². The van der Waals surface area contributed by atoms with E-state index in [1.807, 2.05) is 48.8 Å². The highest BCUT2D eigenvalue weighted by Crippen LogP contribution is 2.21. The van der Waals surface area contributed by atoms with Crippen LogP contribution in [0.25, 0.3) is 11.4 Å². The van der Waals surface area contributed by atoms with Gasteiger partial charge in [-0.05, 0) is 42.0 Å². The predicted molar refractivity (Wildman–Crippen MR) is 85.9 cm³/mol. The fourth-order valence-corrected chi connectivity index (χ4v) is 2.70. The van der Waals surface area contributed by atoms with Gasteiger partial charge < -0.3 is 4.57 Å². The molecule has 2 aromatic carbocycles. The standard InChI is InChI=1S/C16H12BrClN2/c17-14-3-1-2-12(10-14)11-20-9-8-19-16(20)13-4-6-15(18)7-5-13/h1-10H,11H2. The fraction of sp³-hybridized carbons (Fsp3) is 0.0625. The number of nitrogens with zero attached hydrogens (tertiary/aromatic N) is 2. The van der Waals surface area contributed by atoms with Gasteiger partial charge in [-0.2, -0.15) is 0 Å². The normalized spacial score (nSPS) is 10.7. The lowest BCUT2D eigenvalue weighted by molar-refractivity contribution is 0.806. The summed E-state index contributed by atoms with van der Waals surface area (Å²) in [4.78, 5) is 4.44. The first-order valence-corrected chi connectivity index (χ1v) is 7.41. The Labute approximate surface area is 131 Å². The van der Waals surface area contributed by atoms with Crippen molar-refractivity contribution in [2.75, 3.05) is 0 Å². The monoisotopic (exact) mass is 346 g/mol. The quantitative estimate of drug-likeness (QED) is 0.651. The number of hydrogen-bond donors (Lipinski definition) is 0. The zero-order valence-electron chi connectivity index (χ0n) is 10.6. The molecule has 0 bridgehead atoms. The second-order valence-electron chi connectivity index (χ2n) is 4.52. The van der Waals surface area contributed by atoms with Crippen LogP contribution in [0.1, 0.15) is 5.56 Å². The van der Waals surface area contributed by atoms with Gasteiger partial charge in [0.15, 0.2) is 0 Å². The molecule has 4 heteroatoms. The van der Waals surface area contributed by atoms with E-state index >= 15 is 0 Å².